The number of esters is 1. The first-order chi connectivity index (χ1) is 11.0. The fraction of sp³-hybridized carbons (Fsp3) is 0.294. The molecule has 2 aromatic rings. The smallest absolute Gasteiger partial charge is 0.331 e. The molecule has 0 bridgehead atoms. The largest absolute Gasteiger partial charge is 0.449 e. The second-order valence-electron chi connectivity index (χ2n) is 4.98. The van der Waals surface area contributed by atoms with Gasteiger partial charge in [-0.1, -0.05) is 36.7 Å². The molecule has 1 atom stereocenters. The van der Waals surface area contributed by atoms with Crippen LogP contribution in [0, 0.1) is 0 Å². The Balaban J connectivity index is 2.00. The van der Waals surface area contributed by atoms with E-state index in [0.717, 1.165) is 21.4 Å². The Morgan fingerprint density at radius 1 is 1.39 bits per heavy atom. The molecule has 0 fully saturated rings. The molecule has 0 saturated carbocycles. The molecule has 0 saturated heterocycles. The summed E-state index contributed by atoms with van der Waals surface area (Å²) in [5.41, 5.74) is 0. The van der Waals surface area contributed by atoms with Crippen LogP contribution in [0.3, 0.4) is 0 Å². The van der Waals surface area contributed by atoms with E-state index < -0.39 is 12.1 Å². The fourth-order valence-electron chi connectivity index (χ4n) is 1.94. The van der Waals surface area contributed by atoms with E-state index in [1.807, 2.05) is 31.2 Å². The number of hydrogen-bond acceptors (Lipinski definition) is 4. The van der Waals surface area contributed by atoms with Crippen molar-refractivity contribution in [3.63, 3.8) is 0 Å². The van der Waals surface area contributed by atoms with Crippen LogP contribution in [0.5, 0.6) is 0 Å². The lowest BCUT2D eigenvalue weighted by atomic mass is 10.2. The number of halogens is 1. The van der Waals surface area contributed by atoms with Gasteiger partial charge < -0.3 is 10.1 Å². The second-order valence-corrected chi connectivity index (χ2v) is 6.44. The van der Waals surface area contributed by atoms with Crippen LogP contribution in [-0.4, -0.2) is 24.5 Å². The van der Waals surface area contributed by atoms with Crippen LogP contribution in [0.4, 0.5) is 0 Å². The molecule has 1 heterocycles. The first-order valence-electron chi connectivity index (χ1n) is 7.36. The van der Waals surface area contributed by atoms with Crippen LogP contribution >= 0.6 is 22.9 Å². The standard InChI is InChI=1S/C17H18ClNO3S/c1-3-10-19-17(21)11(2)22-15(20)9-8-14-16(18)12-6-4-5-7-13(12)23-14/h4-9,11H,3,10H2,1-2H3,(H,19,21)/b9-8+. The Hall–Kier alpha value is -1.85. The molecule has 1 N–H and O–H groups in total. The Morgan fingerprint density at radius 3 is 2.83 bits per heavy atom. The zero-order valence-corrected chi connectivity index (χ0v) is 14.5. The van der Waals surface area contributed by atoms with Gasteiger partial charge in [-0.2, -0.15) is 0 Å². The quantitative estimate of drug-likeness (QED) is 0.631. The summed E-state index contributed by atoms with van der Waals surface area (Å²) < 4.78 is 6.12. The second kappa shape index (κ2) is 8.13. The monoisotopic (exact) mass is 351 g/mol. The van der Waals surface area contributed by atoms with Crippen LogP contribution in [0.25, 0.3) is 16.2 Å². The molecule has 0 aliphatic heterocycles. The number of benzene rings is 1. The minimum atomic E-state index is -0.823. The molecule has 6 heteroatoms. The Labute approximate surface area is 144 Å². The average molecular weight is 352 g/mol. The highest BCUT2D eigenvalue weighted by atomic mass is 35.5. The molecule has 1 unspecified atom stereocenters. The third kappa shape index (κ3) is 4.56. The zero-order chi connectivity index (χ0) is 16.8. The maximum Gasteiger partial charge on any atom is 0.331 e. The normalized spacial score (nSPS) is 12.5. The van der Waals surface area contributed by atoms with Crippen molar-refractivity contribution in [2.75, 3.05) is 6.54 Å². The van der Waals surface area contributed by atoms with Gasteiger partial charge in [0.05, 0.1) is 5.02 Å². The first-order valence-corrected chi connectivity index (χ1v) is 8.55. The number of thiophene rings is 1. The Morgan fingerprint density at radius 2 is 2.13 bits per heavy atom. The van der Waals surface area contributed by atoms with E-state index in [-0.39, 0.29) is 5.91 Å². The van der Waals surface area contributed by atoms with Gasteiger partial charge in [0.25, 0.3) is 5.91 Å². The Kier molecular flexibility index (Phi) is 6.19. The lowest BCUT2D eigenvalue weighted by Crippen LogP contribution is -2.35. The number of hydrogen-bond donors (Lipinski definition) is 1. The number of carbonyl (C=O) groups is 2. The summed E-state index contributed by atoms with van der Waals surface area (Å²) >= 11 is 7.79. The van der Waals surface area contributed by atoms with Gasteiger partial charge in [0.2, 0.25) is 0 Å². The minimum absolute atomic E-state index is 0.298. The van der Waals surface area contributed by atoms with Crippen molar-refractivity contribution < 1.29 is 14.3 Å². The number of amides is 1. The highest BCUT2D eigenvalue weighted by Crippen LogP contribution is 2.35. The number of rotatable bonds is 6. The maximum absolute atomic E-state index is 11.8. The van der Waals surface area contributed by atoms with Gasteiger partial charge in [-0.3, -0.25) is 4.79 Å². The first kappa shape index (κ1) is 17.5. The SMILES string of the molecule is CCCNC(=O)C(C)OC(=O)/C=C/c1sc2ccccc2c1Cl. The summed E-state index contributed by atoms with van der Waals surface area (Å²) in [5.74, 6) is -0.869. The highest BCUT2D eigenvalue weighted by Gasteiger charge is 2.15. The van der Waals surface area contributed by atoms with Gasteiger partial charge in [-0.25, -0.2) is 4.79 Å². The third-order valence-electron chi connectivity index (χ3n) is 3.14. The molecule has 2 rings (SSSR count). The van der Waals surface area contributed by atoms with E-state index in [1.165, 1.54) is 17.4 Å². The van der Waals surface area contributed by atoms with E-state index >= 15 is 0 Å². The summed E-state index contributed by atoms with van der Waals surface area (Å²) in [4.78, 5) is 24.2. The van der Waals surface area contributed by atoms with E-state index in [9.17, 15) is 9.59 Å². The third-order valence-corrected chi connectivity index (χ3v) is 4.80. The van der Waals surface area contributed by atoms with Gasteiger partial charge in [-0.05, 0) is 25.5 Å². The van der Waals surface area contributed by atoms with Crippen molar-refractivity contribution >= 4 is 51.0 Å². The van der Waals surface area contributed by atoms with Crippen molar-refractivity contribution in [3.05, 3.63) is 40.2 Å². The fourth-order valence-corrected chi connectivity index (χ4v) is 3.34. The number of nitrogens with one attached hydrogen (secondary N) is 1. The molecule has 0 radical (unpaired) electrons. The molecule has 1 aromatic heterocycles. The maximum atomic E-state index is 11.8. The van der Waals surface area contributed by atoms with Crippen molar-refractivity contribution in [1.82, 2.24) is 5.32 Å². The lowest BCUT2D eigenvalue weighted by Gasteiger charge is -2.11. The van der Waals surface area contributed by atoms with Crippen LogP contribution in [0.15, 0.2) is 30.3 Å². The zero-order valence-electron chi connectivity index (χ0n) is 13.0. The van der Waals surface area contributed by atoms with Crippen LogP contribution in [-0.2, 0) is 14.3 Å². The molecule has 23 heavy (non-hydrogen) atoms. The molecule has 122 valence electrons. The molecular weight excluding hydrogens is 334 g/mol. The summed E-state index contributed by atoms with van der Waals surface area (Å²) in [6, 6.07) is 7.76. The average Bonchev–Trinajstić information content (AvgIpc) is 2.87. The molecular formula is C17H18ClNO3S. The van der Waals surface area contributed by atoms with Crippen LogP contribution in [0.1, 0.15) is 25.1 Å². The van der Waals surface area contributed by atoms with Gasteiger partial charge in [-0.15, -0.1) is 11.3 Å². The molecule has 0 aliphatic carbocycles. The molecule has 1 amide bonds. The van der Waals surface area contributed by atoms with Gasteiger partial charge in [0.15, 0.2) is 6.10 Å². The van der Waals surface area contributed by atoms with Crippen molar-refractivity contribution in [2.24, 2.45) is 0 Å². The minimum Gasteiger partial charge on any atom is -0.449 e. The predicted octanol–water partition coefficient (Wildman–Crippen LogP) is 4.03. The molecule has 0 spiro atoms. The van der Waals surface area contributed by atoms with E-state index in [4.69, 9.17) is 16.3 Å². The van der Waals surface area contributed by atoms with Crippen molar-refractivity contribution in [2.45, 2.75) is 26.4 Å². The van der Waals surface area contributed by atoms with Crippen LogP contribution < -0.4 is 5.32 Å². The van der Waals surface area contributed by atoms with E-state index in [2.05, 4.69) is 5.32 Å². The molecule has 1 aromatic carbocycles. The van der Waals surface area contributed by atoms with Gasteiger partial charge in [0.1, 0.15) is 0 Å². The topological polar surface area (TPSA) is 55.4 Å². The van der Waals surface area contributed by atoms with Gasteiger partial charge in [0, 0.05) is 27.6 Å². The summed E-state index contributed by atoms with van der Waals surface area (Å²) in [6.45, 7) is 4.06. The van der Waals surface area contributed by atoms with Gasteiger partial charge >= 0.3 is 5.97 Å². The molecule has 4 nitrogen and oxygen atoms in total. The van der Waals surface area contributed by atoms with E-state index in [1.54, 1.807) is 13.0 Å². The highest BCUT2D eigenvalue weighted by molar-refractivity contribution is 7.20. The number of carbonyl (C=O) groups excluding carboxylic acids is 2. The summed E-state index contributed by atoms with van der Waals surface area (Å²) in [5, 5.41) is 4.25. The van der Waals surface area contributed by atoms with E-state index in [0.29, 0.717) is 11.6 Å². The van der Waals surface area contributed by atoms with Crippen molar-refractivity contribution in [1.29, 1.82) is 0 Å². The lowest BCUT2D eigenvalue weighted by molar-refractivity contribution is -0.150. The molecule has 0 aliphatic rings. The predicted molar refractivity (Wildman–Crippen MR) is 94.7 cm³/mol. The number of fused-ring (bicyclic) bond motifs is 1. The summed E-state index contributed by atoms with van der Waals surface area (Å²) in [6.07, 6.45) is 2.92. The summed E-state index contributed by atoms with van der Waals surface area (Å²) in [7, 11) is 0. The van der Waals surface area contributed by atoms with Crippen molar-refractivity contribution in [3.8, 4) is 0 Å². The number of ether oxygens (including phenoxy) is 1. The Bertz CT molecular complexity index is 739. The van der Waals surface area contributed by atoms with Crippen LogP contribution in [0.2, 0.25) is 5.02 Å².